The van der Waals surface area contributed by atoms with Crippen molar-refractivity contribution in [2.75, 3.05) is 24.6 Å². The zero-order valence-electron chi connectivity index (χ0n) is 28.0. The third-order valence-corrected chi connectivity index (χ3v) is 10.2. The van der Waals surface area contributed by atoms with Crippen molar-refractivity contribution in [2.24, 2.45) is 0 Å². The monoisotopic (exact) mass is 673 g/mol. The summed E-state index contributed by atoms with van der Waals surface area (Å²) in [6.45, 7) is 10.4. The maximum atomic E-state index is 12.0. The first kappa shape index (κ1) is 34.9. The Morgan fingerprint density at radius 3 is 2.35 bits per heavy atom. The first-order chi connectivity index (χ1) is 22.7. The Balaban J connectivity index is 1.45. The fourth-order valence-corrected chi connectivity index (χ4v) is 7.35. The minimum absolute atomic E-state index is 0.126. The lowest BCUT2D eigenvalue weighted by atomic mass is 9.81. The van der Waals surface area contributed by atoms with Crippen molar-refractivity contribution in [1.29, 1.82) is 0 Å². The Labute approximate surface area is 283 Å². The van der Waals surface area contributed by atoms with Crippen LogP contribution in [0.2, 0.25) is 0 Å². The summed E-state index contributed by atoms with van der Waals surface area (Å²) in [4.78, 5) is 13.1. The summed E-state index contributed by atoms with van der Waals surface area (Å²) in [6.07, 6.45) is 9.31. The number of phenolic OH excluding ortho intramolecular Hbond substituents is 1. The predicted molar refractivity (Wildman–Crippen MR) is 187 cm³/mol. The molecule has 0 amide bonds. The SMILES string of the molecule is CC1(C)C(/C=C/C=C2/N(CCCCCC(=O)O)c3ccc(S(=O)(=O)O)cc3C2(C)C)=[N+](CCCOc2ccc(O)cc2)c2ccccc21. The summed E-state index contributed by atoms with van der Waals surface area (Å²) >= 11 is 0. The van der Waals surface area contributed by atoms with Crippen LogP contribution in [0.4, 0.5) is 11.4 Å². The van der Waals surface area contributed by atoms with Gasteiger partial charge in [-0.3, -0.25) is 9.35 Å². The van der Waals surface area contributed by atoms with E-state index >= 15 is 0 Å². The van der Waals surface area contributed by atoms with Gasteiger partial charge in [0.05, 0.1) is 16.9 Å². The van der Waals surface area contributed by atoms with Crippen LogP contribution in [0.5, 0.6) is 11.5 Å². The van der Waals surface area contributed by atoms with E-state index in [0.717, 1.165) is 54.2 Å². The van der Waals surface area contributed by atoms with Crippen LogP contribution in [0.15, 0.2) is 95.6 Å². The van der Waals surface area contributed by atoms with Crippen molar-refractivity contribution in [2.45, 2.75) is 75.5 Å². The topological polar surface area (TPSA) is 127 Å². The molecule has 3 aromatic rings. The molecule has 10 heteroatoms. The number of para-hydroxylation sites is 1. The van der Waals surface area contributed by atoms with Crippen LogP contribution < -0.4 is 9.64 Å². The fourth-order valence-electron chi connectivity index (χ4n) is 6.85. The second kappa shape index (κ2) is 14.0. The number of ether oxygens (including phenoxy) is 1. The van der Waals surface area contributed by atoms with Gasteiger partial charge in [0.15, 0.2) is 12.3 Å². The van der Waals surface area contributed by atoms with Gasteiger partial charge in [-0.05, 0) is 80.8 Å². The minimum Gasteiger partial charge on any atom is -0.508 e. The van der Waals surface area contributed by atoms with Crippen LogP contribution >= 0.6 is 0 Å². The number of benzene rings is 3. The third kappa shape index (κ3) is 7.34. The standard InChI is InChI=1S/C38H44N2O7S/c1-37(2)30-12-7-8-13-32(30)40(24-11-25-47-28-19-17-27(41)18-20-28)34(37)14-10-15-35-38(3,4)31-26-29(48(44,45)46)21-22-33(31)39(35)23-9-5-6-16-36(42)43/h7-8,10,12-15,17-22,26H,5-6,9,11,16,23-25H2,1-4H3,(H2-,41,42,43,44,45,46)/p+1. The molecule has 0 spiro atoms. The highest BCUT2D eigenvalue weighted by Gasteiger charge is 2.44. The first-order valence-electron chi connectivity index (χ1n) is 16.4. The molecule has 48 heavy (non-hydrogen) atoms. The molecule has 0 aromatic heterocycles. The van der Waals surface area contributed by atoms with Crippen LogP contribution in [-0.4, -0.2) is 59.1 Å². The van der Waals surface area contributed by atoms with Crippen LogP contribution in [0.1, 0.15) is 70.9 Å². The average molecular weight is 674 g/mol. The van der Waals surface area contributed by atoms with E-state index in [1.165, 1.54) is 11.6 Å². The van der Waals surface area contributed by atoms with Gasteiger partial charge in [0.25, 0.3) is 10.1 Å². The molecule has 0 unspecified atom stereocenters. The van der Waals surface area contributed by atoms with Gasteiger partial charge in [-0.15, -0.1) is 0 Å². The Morgan fingerprint density at radius 1 is 0.917 bits per heavy atom. The number of phenols is 1. The van der Waals surface area contributed by atoms with E-state index in [2.05, 4.69) is 65.8 Å². The summed E-state index contributed by atoms with van der Waals surface area (Å²) < 4.78 is 42.1. The highest BCUT2D eigenvalue weighted by Crippen LogP contribution is 2.49. The summed E-state index contributed by atoms with van der Waals surface area (Å²) in [5.41, 5.74) is 5.40. The molecule has 0 fully saturated rings. The maximum Gasteiger partial charge on any atom is 0.303 e. The van der Waals surface area contributed by atoms with Gasteiger partial charge in [0.1, 0.15) is 11.5 Å². The van der Waals surface area contributed by atoms with Gasteiger partial charge in [-0.1, -0.05) is 44.5 Å². The largest absolute Gasteiger partial charge is 0.508 e. The number of aromatic hydroxyl groups is 1. The lowest BCUT2D eigenvalue weighted by Gasteiger charge is -2.27. The normalized spacial score (nSPS) is 17.3. The molecular weight excluding hydrogens is 628 g/mol. The Hall–Kier alpha value is -4.41. The van der Waals surface area contributed by atoms with E-state index < -0.39 is 21.5 Å². The van der Waals surface area contributed by atoms with Crippen molar-refractivity contribution in [1.82, 2.24) is 0 Å². The molecule has 2 aliphatic heterocycles. The van der Waals surface area contributed by atoms with Gasteiger partial charge >= 0.3 is 5.97 Å². The smallest absolute Gasteiger partial charge is 0.303 e. The maximum absolute atomic E-state index is 12.0. The molecule has 0 saturated carbocycles. The predicted octanol–water partition coefficient (Wildman–Crippen LogP) is 7.37. The van der Waals surface area contributed by atoms with E-state index in [0.29, 0.717) is 25.3 Å². The molecule has 2 heterocycles. The number of unbranched alkanes of at least 4 members (excludes halogenated alkanes) is 2. The molecule has 0 atom stereocenters. The molecule has 0 aliphatic carbocycles. The number of anilines is 1. The van der Waals surface area contributed by atoms with Crippen molar-refractivity contribution < 1.29 is 37.3 Å². The van der Waals surface area contributed by atoms with Gasteiger partial charge in [-0.25, -0.2) is 0 Å². The number of rotatable bonds is 14. The fraction of sp³-hybridized carbons (Fsp3) is 0.368. The summed E-state index contributed by atoms with van der Waals surface area (Å²) in [7, 11) is -4.38. The quantitative estimate of drug-likeness (QED) is 0.0920. The number of hydrogen-bond donors (Lipinski definition) is 3. The number of fused-ring (bicyclic) bond motifs is 2. The van der Waals surface area contributed by atoms with Crippen LogP contribution in [-0.2, 0) is 25.7 Å². The van der Waals surface area contributed by atoms with Gasteiger partial charge in [0.2, 0.25) is 5.69 Å². The Morgan fingerprint density at radius 2 is 1.65 bits per heavy atom. The summed E-state index contributed by atoms with van der Waals surface area (Å²) in [5, 5.41) is 18.6. The van der Waals surface area contributed by atoms with Crippen molar-refractivity contribution >= 4 is 33.2 Å². The van der Waals surface area contributed by atoms with Crippen molar-refractivity contribution in [3.05, 3.63) is 102 Å². The summed E-state index contributed by atoms with van der Waals surface area (Å²) in [6, 6.07) is 19.9. The van der Waals surface area contributed by atoms with E-state index in [1.807, 2.05) is 13.8 Å². The highest BCUT2D eigenvalue weighted by molar-refractivity contribution is 7.85. The molecule has 9 nitrogen and oxygen atoms in total. The number of carboxylic acids is 1. The molecule has 3 N–H and O–H groups in total. The average Bonchev–Trinajstić information content (AvgIpc) is 3.38. The lowest BCUT2D eigenvalue weighted by Crippen LogP contribution is -2.28. The first-order valence-corrected chi connectivity index (χ1v) is 17.8. The van der Waals surface area contributed by atoms with Gasteiger partial charge < -0.3 is 19.8 Å². The van der Waals surface area contributed by atoms with Gasteiger partial charge in [-0.2, -0.15) is 13.0 Å². The molecule has 0 bridgehead atoms. The number of allylic oxidation sites excluding steroid dienone is 4. The highest BCUT2D eigenvalue weighted by atomic mass is 32.2. The number of carboxylic acid groups (broad SMARTS) is 1. The zero-order chi connectivity index (χ0) is 34.7. The molecule has 254 valence electrons. The Kier molecular flexibility index (Phi) is 10.2. The van der Waals surface area contributed by atoms with Crippen LogP contribution in [0.25, 0.3) is 0 Å². The second-order valence-corrected chi connectivity index (χ2v) is 14.8. The van der Waals surface area contributed by atoms with Crippen LogP contribution in [0.3, 0.4) is 0 Å². The number of carbonyl (C=O) groups is 1. The minimum atomic E-state index is -4.38. The molecule has 0 saturated heterocycles. The van der Waals surface area contributed by atoms with Crippen molar-refractivity contribution in [3.63, 3.8) is 0 Å². The number of nitrogens with zero attached hydrogens (tertiary/aromatic N) is 2. The number of aliphatic carboxylic acids is 1. The molecule has 5 rings (SSSR count). The molecule has 3 aromatic carbocycles. The third-order valence-electron chi connectivity index (χ3n) is 9.37. The summed E-state index contributed by atoms with van der Waals surface area (Å²) in [5.74, 6) is 0.103. The Bertz CT molecular complexity index is 1870. The van der Waals surface area contributed by atoms with E-state index in [1.54, 1.807) is 36.4 Å². The van der Waals surface area contributed by atoms with E-state index in [-0.39, 0.29) is 22.5 Å². The molecular formula is C38H45N2O7S+. The zero-order valence-corrected chi connectivity index (χ0v) is 28.8. The van der Waals surface area contributed by atoms with Crippen molar-refractivity contribution in [3.8, 4) is 11.5 Å². The van der Waals surface area contributed by atoms with Crippen LogP contribution in [0, 0.1) is 0 Å². The van der Waals surface area contributed by atoms with E-state index in [9.17, 15) is 22.9 Å². The van der Waals surface area contributed by atoms with Gasteiger partial charge in [0, 0.05) is 53.9 Å². The lowest BCUT2D eigenvalue weighted by molar-refractivity contribution is -0.438. The number of hydrogen-bond acceptors (Lipinski definition) is 6. The molecule has 2 aliphatic rings. The van der Waals surface area contributed by atoms with E-state index in [4.69, 9.17) is 9.84 Å². The second-order valence-electron chi connectivity index (χ2n) is 13.4. The molecule has 0 radical (unpaired) electrons.